The minimum absolute atomic E-state index is 0.0356. The van der Waals surface area contributed by atoms with Crippen LogP contribution in [0.4, 0.5) is 0 Å². The molecule has 19 heavy (non-hydrogen) atoms. The summed E-state index contributed by atoms with van der Waals surface area (Å²) in [6.45, 7) is 6.56. The second-order valence-corrected chi connectivity index (χ2v) is 5.40. The minimum Gasteiger partial charge on any atom is -0.293 e. The number of aryl methyl sites for hydroxylation is 3. The molecule has 2 rings (SSSR count). The van der Waals surface area contributed by atoms with E-state index in [1.54, 1.807) is 0 Å². The standard InChI is InChI=1S/C14H14Cl2N2O/c1-8-4-9(2)11(10(3)5-8)6-18-7-17-13(16)12(15)14(18)19/h4-5,7H,6H2,1-3H3. The molecule has 0 fully saturated rings. The third-order valence-electron chi connectivity index (χ3n) is 3.11. The maximum Gasteiger partial charge on any atom is 0.273 e. The van der Waals surface area contributed by atoms with E-state index in [1.807, 2.05) is 13.8 Å². The Kier molecular flexibility index (Phi) is 3.97. The highest BCUT2D eigenvalue weighted by Crippen LogP contribution is 2.18. The van der Waals surface area contributed by atoms with Gasteiger partial charge in [0.15, 0.2) is 5.15 Å². The van der Waals surface area contributed by atoms with Gasteiger partial charge < -0.3 is 0 Å². The van der Waals surface area contributed by atoms with Crippen LogP contribution in [0.3, 0.4) is 0 Å². The van der Waals surface area contributed by atoms with Gasteiger partial charge in [-0.25, -0.2) is 4.98 Å². The molecule has 0 aliphatic rings. The number of hydrogen-bond acceptors (Lipinski definition) is 2. The molecule has 1 aromatic heterocycles. The third kappa shape index (κ3) is 2.82. The van der Waals surface area contributed by atoms with Gasteiger partial charge in [-0.1, -0.05) is 40.9 Å². The first-order valence-corrected chi connectivity index (χ1v) is 6.63. The monoisotopic (exact) mass is 296 g/mol. The molecule has 0 spiro atoms. The summed E-state index contributed by atoms with van der Waals surface area (Å²) >= 11 is 11.5. The number of benzene rings is 1. The fourth-order valence-electron chi connectivity index (χ4n) is 2.19. The normalized spacial score (nSPS) is 10.8. The van der Waals surface area contributed by atoms with Gasteiger partial charge in [0, 0.05) is 0 Å². The molecule has 0 amide bonds. The highest BCUT2D eigenvalue weighted by molar-refractivity contribution is 6.40. The first kappa shape index (κ1) is 14.1. The molecule has 0 atom stereocenters. The van der Waals surface area contributed by atoms with Crippen molar-refractivity contribution in [2.24, 2.45) is 0 Å². The molecule has 100 valence electrons. The van der Waals surface area contributed by atoms with E-state index in [-0.39, 0.29) is 15.7 Å². The zero-order chi connectivity index (χ0) is 14.2. The van der Waals surface area contributed by atoms with E-state index in [1.165, 1.54) is 16.5 Å². The molecule has 2 aromatic rings. The van der Waals surface area contributed by atoms with E-state index in [0.717, 1.165) is 16.7 Å². The van der Waals surface area contributed by atoms with Crippen molar-refractivity contribution in [2.45, 2.75) is 27.3 Å². The van der Waals surface area contributed by atoms with Crippen molar-refractivity contribution >= 4 is 23.2 Å². The summed E-state index contributed by atoms with van der Waals surface area (Å²) in [5.41, 5.74) is 4.29. The Hall–Kier alpha value is -1.32. The van der Waals surface area contributed by atoms with Crippen LogP contribution in [0.25, 0.3) is 0 Å². The van der Waals surface area contributed by atoms with E-state index in [2.05, 4.69) is 24.0 Å². The Morgan fingerprint density at radius 2 is 1.74 bits per heavy atom. The number of nitrogens with zero attached hydrogens (tertiary/aromatic N) is 2. The topological polar surface area (TPSA) is 34.9 Å². The van der Waals surface area contributed by atoms with Crippen LogP contribution in [-0.4, -0.2) is 9.55 Å². The largest absolute Gasteiger partial charge is 0.293 e. The lowest BCUT2D eigenvalue weighted by Gasteiger charge is -2.13. The first-order chi connectivity index (χ1) is 8.90. The Morgan fingerprint density at radius 3 is 2.32 bits per heavy atom. The van der Waals surface area contributed by atoms with Gasteiger partial charge in [-0.15, -0.1) is 0 Å². The van der Waals surface area contributed by atoms with Gasteiger partial charge >= 0.3 is 0 Å². The van der Waals surface area contributed by atoms with E-state index in [4.69, 9.17) is 23.2 Å². The minimum atomic E-state index is -0.318. The molecule has 0 radical (unpaired) electrons. The highest BCUT2D eigenvalue weighted by atomic mass is 35.5. The van der Waals surface area contributed by atoms with Crippen LogP contribution in [0.2, 0.25) is 10.2 Å². The van der Waals surface area contributed by atoms with Gasteiger partial charge in [-0.05, 0) is 37.5 Å². The quantitative estimate of drug-likeness (QED) is 0.795. The van der Waals surface area contributed by atoms with E-state index in [0.29, 0.717) is 6.54 Å². The molecule has 5 heteroatoms. The lowest BCUT2D eigenvalue weighted by molar-refractivity contribution is 0.729. The highest BCUT2D eigenvalue weighted by Gasteiger charge is 2.10. The Labute approximate surface area is 121 Å². The van der Waals surface area contributed by atoms with Crippen LogP contribution >= 0.6 is 23.2 Å². The van der Waals surface area contributed by atoms with Crippen LogP contribution in [0.5, 0.6) is 0 Å². The van der Waals surface area contributed by atoms with Gasteiger partial charge in [0.25, 0.3) is 5.56 Å². The molecule has 0 saturated carbocycles. The number of aromatic nitrogens is 2. The molecule has 0 bridgehead atoms. The predicted molar refractivity (Wildman–Crippen MR) is 78.3 cm³/mol. The molecular formula is C14H14Cl2N2O. The van der Waals surface area contributed by atoms with Gasteiger partial charge in [0.05, 0.1) is 12.9 Å². The maximum atomic E-state index is 12.0. The smallest absolute Gasteiger partial charge is 0.273 e. The van der Waals surface area contributed by atoms with Gasteiger partial charge in [0.1, 0.15) is 5.02 Å². The van der Waals surface area contributed by atoms with Crippen LogP contribution in [0.15, 0.2) is 23.3 Å². The number of rotatable bonds is 2. The Balaban J connectivity index is 2.48. The van der Waals surface area contributed by atoms with Crippen LogP contribution in [0.1, 0.15) is 22.3 Å². The van der Waals surface area contributed by atoms with E-state index in [9.17, 15) is 4.79 Å². The van der Waals surface area contributed by atoms with E-state index >= 15 is 0 Å². The average Bonchev–Trinajstić information content (AvgIpc) is 2.33. The van der Waals surface area contributed by atoms with Crippen molar-refractivity contribution in [1.82, 2.24) is 9.55 Å². The molecule has 1 aromatic carbocycles. The summed E-state index contributed by atoms with van der Waals surface area (Å²) in [5, 5.41) is 0.00634. The van der Waals surface area contributed by atoms with Crippen molar-refractivity contribution in [1.29, 1.82) is 0 Å². The number of halogens is 2. The predicted octanol–water partition coefficient (Wildman–Crippen LogP) is 3.52. The first-order valence-electron chi connectivity index (χ1n) is 5.87. The van der Waals surface area contributed by atoms with Crippen LogP contribution in [0, 0.1) is 20.8 Å². The average molecular weight is 297 g/mol. The summed E-state index contributed by atoms with van der Waals surface area (Å²) in [7, 11) is 0. The summed E-state index contributed by atoms with van der Waals surface area (Å²) in [6.07, 6.45) is 1.43. The fourth-order valence-corrected chi connectivity index (χ4v) is 2.47. The van der Waals surface area contributed by atoms with Crippen molar-refractivity contribution in [3.05, 3.63) is 61.2 Å². The zero-order valence-electron chi connectivity index (χ0n) is 11.0. The van der Waals surface area contributed by atoms with Crippen molar-refractivity contribution < 1.29 is 0 Å². The summed E-state index contributed by atoms with van der Waals surface area (Å²) in [4.78, 5) is 15.9. The Morgan fingerprint density at radius 1 is 1.16 bits per heavy atom. The molecule has 0 aliphatic carbocycles. The van der Waals surface area contributed by atoms with Gasteiger partial charge in [-0.3, -0.25) is 9.36 Å². The second-order valence-electron chi connectivity index (χ2n) is 4.66. The van der Waals surface area contributed by atoms with Crippen LogP contribution < -0.4 is 5.56 Å². The maximum absolute atomic E-state index is 12.0. The molecule has 0 unspecified atom stereocenters. The molecule has 0 aliphatic heterocycles. The summed E-state index contributed by atoms with van der Waals surface area (Å²) in [6, 6.07) is 4.19. The Bertz CT molecular complexity index is 669. The lowest BCUT2D eigenvalue weighted by Crippen LogP contribution is -2.22. The van der Waals surface area contributed by atoms with E-state index < -0.39 is 0 Å². The van der Waals surface area contributed by atoms with Crippen molar-refractivity contribution in [2.75, 3.05) is 0 Å². The second kappa shape index (κ2) is 5.35. The molecule has 0 N–H and O–H groups in total. The van der Waals surface area contributed by atoms with Crippen molar-refractivity contribution in [3.8, 4) is 0 Å². The molecular weight excluding hydrogens is 283 g/mol. The third-order valence-corrected chi connectivity index (χ3v) is 3.83. The molecule has 3 nitrogen and oxygen atoms in total. The summed E-state index contributed by atoms with van der Waals surface area (Å²) in [5.74, 6) is 0. The molecule has 1 heterocycles. The van der Waals surface area contributed by atoms with Gasteiger partial charge in [0.2, 0.25) is 0 Å². The van der Waals surface area contributed by atoms with Crippen LogP contribution in [-0.2, 0) is 6.54 Å². The summed E-state index contributed by atoms with van der Waals surface area (Å²) < 4.78 is 1.47. The van der Waals surface area contributed by atoms with Crippen molar-refractivity contribution in [3.63, 3.8) is 0 Å². The SMILES string of the molecule is Cc1cc(C)c(Cn2cnc(Cl)c(Cl)c2=O)c(C)c1. The lowest BCUT2D eigenvalue weighted by atomic mass is 10.00. The van der Waals surface area contributed by atoms with Gasteiger partial charge in [-0.2, -0.15) is 0 Å². The number of hydrogen-bond donors (Lipinski definition) is 0. The fraction of sp³-hybridized carbons (Fsp3) is 0.286. The molecule has 0 saturated heterocycles. The zero-order valence-corrected chi connectivity index (χ0v) is 12.5.